The number of carbonyl (C=O) groups is 2. The molecule has 5 heteroatoms. The number of hydrogen-bond donors (Lipinski definition) is 0. The van der Waals surface area contributed by atoms with E-state index in [-0.39, 0.29) is 17.8 Å². The fourth-order valence-electron chi connectivity index (χ4n) is 2.65. The van der Waals surface area contributed by atoms with Gasteiger partial charge in [0.2, 0.25) is 5.91 Å². The minimum Gasteiger partial charge on any atom is -0.497 e. The van der Waals surface area contributed by atoms with Gasteiger partial charge in [0.25, 0.3) is 0 Å². The summed E-state index contributed by atoms with van der Waals surface area (Å²) >= 11 is 0. The van der Waals surface area contributed by atoms with Crippen LogP contribution in [0.25, 0.3) is 6.08 Å². The average molecular weight is 361 g/mol. The van der Waals surface area contributed by atoms with Crippen LogP contribution in [-0.2, 0) is 14.3 Å². The van der Waals surface area contributed by atoms with Gasteiger partial charge in [-0.3, -0.25) is 9.59 Å². The third-order valence-corrected chi connectivity index (χ3v) is 4.20. The van der Waals surface area contributed by atoms with Gasteiger partial charge in [0.05, 0.1) is 20.1 Å². The molecule has 0 saturated heterocycles. The molecule has 0 aliphatic rings. The molecule has 0 aliphatic carbocycles. The van der Waals surface area contributed by atoms with Crippen LogP contribution in [-0.4, -0.2) is 44.1 Å². The van der Waals surface area contributed by atoms with E-state index in [0.29, 0.717) is 13.1 Å². The lowest BCUT2D eigenvalue weighted by molar-refractivity contribution is -0.146. The lowest BCUT2D eigenvalue weighted by Gasteiger charge is -2.24. The molecule has 1 atom stereocenters. The van der Waals surface area contributed by atoms with E-state index >= 15 is 0 Å². The van der Waals surface area contributed by atoms with E-state index in [4.69, 9.17) is 9.47 Å². The van der Waals surface area contributed by atoms with Crippen LogP contribution in [0.1, 0.15) is 45.1 Å². The van der Waals surface area contributed by atoms with Gasteiger partial charge in [-0.2, -0.15) is 0 Å². The molecule has 0 aromatic heterocycles. The maximum absolute atomic E-state index is 12.6. The molecule has 0 N–H and O–H groups in total. The van der Waals surface area contributed by atoms with E-state index in [9.17, 15) is 9.59 Å². The number of benzene rings is 1. The van der Waals surface area contributed by atoms with Gasteiger partial charge in [0, 0.05) is 19.2 Å². The Morgan fingerprint density at radius 3 is 2.62 bits per heavy atom. The van der Waals surface area contributed by atoms with Gasteiger partial charge in [-0.1, -0.05) is 45.2 Å². The summed E-state index contributed by atoms with van der Waals surface area (Å²) < 4.78 is 9.98. The number of esters is 1. The molecule has 1 aromatic carbocycles. The fourth-order valence-corrected chi connectivity index (χ4v) is 2.65. The molecule has 144 valence electrons. The van der Waals surface area contributed by atoms with Crippen LogP contribution in [0.5, 0.6) is 5.75 Å². The largest absolute Gasteiger partial charge is 0.497 e. The zero-order valence-corrected chi connectivity index (χ0v) is 16.4. The van der Waals surface area contributed by atoms with E-state index in [1.165, 1.54) is 7.11 Å². The average Bonchev–Trinajstić information content (AvgIpc) is 2.67. The Morgan fingerprint density at radius 2 is 1.96 bits per heavy atom. The highest BCUT2D eigenvalue weighted by Gasteiger charge is 2.20. The molecule has 0 heterocycles. The van der Waals surface area contributed by atoms with E-state index < -0.39 is 0 Å². The van der Waals surface area contributed by atoms with Crippen molar-refractivity contribution in [3.8, 4) is 5.75 Å². The van der Waals surface area contributed by atoms with E-state index in [1.54, 1.807) is 31.1 Å². The molecule has 1 aromatic rings. The molecule has 0 aliphatic heterocycles. The lowest BCUT2D eigenvalue weighted by atomic mass is 10.1. The number of nitrogens with zero attached hydrogens (tertiary/aromatic N) is 1. The topological polar surface area (TPSA) is 55.8 Å². The van der Waals surface area contributed by atoms with Gasteiger partial charge in [0.1, 0.15) is 5.75 Å². The summed E-state index contributed by atoms with van der Waals surface area (Å²) in [5, 5.41) is 0. The molecule has 0 bridgehead atoms. The van der Waals surface area contributed by atoms with Gasteiger partial charge in [0.15, 0.2) is 0 Å². The first-order chi connectivity index (χ1) is 12.5. The maximum Gasteiger partial charge on any atom is 0.310 e. The lowest BCUT2D eigenvalue weighted by Crippen LogP contribution is -2.37. The molecule has 1 unspecified atom stereocenters. The second kappa shape index (κ2) is 12.1. The highest BCUT2D eigenvalue weighted by Crippen LogP contribution is 2.14. The molecule has 0 radical (unpaired) electrons. The van der Waals surface area contributed by atoms with E-state index in [0.717, 1.165) is 37.0 Å². The van der Waals surface area contributed by atoms with E-state index in [1.807, 2.05) is 24.3 Å². The summed E-state index contributed by atoms with van der Waals surface area (Å²) in [5.74, 6) is 0.00360. The van der Waals surface area contributed by atoms with Crippen molar-refractivity contribution in [1.82, 2.24) is 4.90 Å². The van der Waals surface area contributed by atoms with Crippen LogP contribution in [0.15, 0.2) is 30.3 Å². The minimum absolute atomic E-state index is 0.0972. The summed E-state index contributed by atoms with van der Waals surface area (Å²) in [5.41, 5.74) is 0.893. The number of rotatable bonds is 11. The zero-order valence-electron chi connectivity index (χ0n) is 16.4. The first-order valence-corrected chi connectivity index (χ1v) is 9.20. The van der Waals surface area contributed by atoms with Crippen LogP contribution in [0.4, 0.5) is 0 Å². The molecule has 0 saturated carbocycles. The van der Waals surface area contributed by atoms with E-state index in [2.05, 4.69) is 6.92 Å². The number of methoxy groups -OCH3 is 2. The maximum atomic E-state index is 12.6. The monoisotopic (exact) mass is 361 g/mol. The Balaban J connectivity index is 2.77. The van der Waals surface area contributed by atoms with Crippen LogP contribution in [0.3, 0.4) is 0 Å². The van der Waals surface area contributed by atoms with Gasteiger partial charge < -0.3 is 14.4 Å². The predicted octanol–water partition coefficient (Wildman–Crippen LogP) is 3.93. The van der Waals surface area contributed by atoms with Crippen molar-refractivity contribution in [2.75, 3.05) is 27.3 Å². The molecular weight excluding hydrogens is 330 g/mol. The van der Waals surface area contributed by atoms with Crippen molar-refractivity contribution in [2.24, 2.45) is 5.92 Å². The quantitative estimate of drug-likeness (QED) is 0.340. The van der Waals surface area contributed by atoms with Crippen molar-refractivity contribution >= 4 is 18.0 Å². The third-order valence-electron chi connectivity index (χ3n) is 4.20. The second-order valence-electron chi connectivity index (χ2n) is 6.38. The number of amides is 1. The summed E-state index contributed by atoms with van der Waals surface area (Å²) in [7, 11) is 2.98. The van der Waals surface area contributed by atoms with Crippen molar-refractivity contribution in [3.63, 3.8) is 0 Å². The molecule has 0 fully saturated rings. The number of hydrogen-bond acceptors (Lipinski definition) is 4. The summed E-state index contributed by atoms with van der Waals surface area (Å²) in [6, 6.07) is 7.52. The molecule has 1 rings (SSSR count). The van der Waals surface area contributed by atoms with Crippen molar-refractivity contribution in [3.05, 3.63) is 35.9 Å². The van der Waals surface area contributed by atoms with Gasteiger partial charge in [-0.15, -0.1) is 0 Å². The predicted molar refractivity (Wildman–Crippen MR) is 104 cm³/mol. The number of unbranched alkanes of at least 4 members (excludes halogenated alkanes) is 3. The summed E-state index contributed by atoms with van der Waals surface area (Å²) in [6.45, 7) is 4.94. The van der Waals surface area contributed by atoms with Gasteiger partial charge in [-0.05, 0) is 30.2 Å². The second-order valence-corrected chi connectivity index (χ2v) is 6.38. The number of carbonyl (C=O) groups excluding carboxylic acids is 2. The Labute approximate surface area is 157 Å². The smallest absolute Gasteiger partial charge is 0.310 e. The normalized spacial score (nSPS) is 12.0. The summed E-state index contributed by atoms with van der Waals surface area (Å²) in [6.07, 6.45) is 7.62. The van der Waals surface area contributed by atoms with Gasteiger partial charge in [-0.25, -0.2) is 0 Å². The zero-order chi connectivity index (χ0) is 19.4. The standard InChI is InChI=1S/C21H31NO4/c1-5-6-7-8-14-22(16-17(2)21(24)26-4)20(23)13-12-18-10-9-11-19(15-18)25-3/h9-13,15,17H,5-8,14,16H2,1-4H3/b13-12+. The third kappa shape index (κ3) is 7.72. The minimum atomic E-state index is -0.347. The summed E-state index contributed by atoms with van der Waals surface area (Å²) in [4.78, 5) is 26.1. The molecular formula is C21H31NO4. The fraction of sp³-hybridized carbons (Fsp3) is 0.524. The van der Waals surface area contributed by atoms with Crippen LogP contribution >= 0.6 is 0 Å². The molecule has 1 amide bonds. The highest BCUT2D eigenvalue weighted by molar-refractivity contribution is 5.92. The number of ether oxygens (including phenoxy) is 2. The van der Waals surface area contributed by atoms with Gasteiger partial charge >= 0.3 is 5.97 Å². The molecule has 5 nitrogen and oxygen atoms in total. The van der Waals surface area contributed by atoms with Crippen molar-refractivity contribution in [2.45, 2.75) is 39.5 Å². The Bertz CT molecular complexity index is 597. The van der Waals surface area contributed by atoms with Crippen LogP contribution < -0.4 is 4.74 Å². The van der Waals surface area contributed by atoms with Crippen LogP contribution in [0, 0.1) is 5.92 Å². The Hall–Kier alpha value is -2.30. The van der Waals surface area contributed by atoms with Crippen molar-refractivity contribution < 1.29 is 19.1 Å². The first-order valence-electron chi connectivity index (χ1n) is 9.20. The van der Waals surface area contributed by atoms with Crippen molar-refractivity contribution in [1.29, 1.82) is 0 Å². The van der Waals surface area contributed by atoms with Crippen LogP contribution in [0.2, 0.25) is 0 Å². The highest BCUT2D eigenvalue weighted by atomic mass is 16.5. The SMILES string of the molecule is CCCCCCN(CC(C)C(=O)OC)C(=O)/C=C/c1cccc(OC)c1. The first kappa shape index (κ1) is 21.7. The molecule has 0 spiro atoms. The Morgan fingerprint density at radius 1 is 1.19 bits per heavy atom. The molecule has 26 heavy (non-hydrogen) atoms. The Kier molecular flexibility index (Phi) is 10.1.